The minimum Gasteiger partial charge on any atom is -0.435 e. The number of nitrogens with zero attached hydrogens (tertiary/aromatic N) is 2. The van der Waals surface area contributed by atoms with Gasteiger partial charge in [-0.05, 0) is 0 Å². The van der Waals surface area contributed by atoms with Crippen LogP contribution in [0.1, 0.15) is 5.89 Å². The normalized spacial score (nSPS) is 10.7. The minimum atomic E-state index is 0.714. The second-order valence-electron chi connectivity index (χ2n) is 2.59. The highest BCUT2D eigenvalue weighted by atomic mass is 16.3. The number of aromatic nitrogens is 2. The molecule has 0 radical (unpaired) electrons. The lowest BCUT2D eigenvalue weighted by Gasteiger charge is -1.82. The molecule has 0 atom stereocenters. The smallest absolute Gasteiger partial charge is 0.218 e. The molecule has 0 fully saturated rings. The van der Waals surface area contributed by atoms with Gasteiger partial charge >= 0.3 is 0 Å². The number of hydrogen-bond acceptors (Lipinski definition) is 2. The molecular formula is C8H9N2O+. The first kappa shape index (κ1) is 6.34. The van der Waals surface area contributed by atoms with Gasteiger partial charge < -0.3 is 4.42 Å². The summed E-state index contributed by atoms with van der Waals surface area (Å²) in [6, 6.07) is 1.94. The maximum Gasteiger partial charge on any atom is 0.218 e. The number of rotatable bonds is 0. The lowest BCUT2D eigenvalue weighted by molar-refractivity contribution is -0.670. The Morgan fingerprint density at radius 3 is 3.18 bits per heavy atom. The van der Waals surface area contributed by atoms with E-state index in [4.69, 9.17) is 4.42 Å². The molecule has 0 saturated carbocycles. The molecule has 56 valence electrons. The summed E-state index contributed by atoms with van der Waals surface area (Å²) in [5.41, 5.74) is 1.76. The molecule has 2 aromatic rings. The van der Waals surface area contributed by atoms with Gasteiger partial charge in [0.1, 0.15) is 12.6 Å². The summed E-state index contributed by atoms with van der Waals surface area (Å²) >= 11 is 0. The molecule has 0 N–H and O–H groups in total. The molecule has 0 spiro atoms. The van der Waals surface area contributed by atoms with Crippen LogP contribution >= 0.6 is 0 Å². The Hall–Kier alpha value is -1.38. The second-order valence-corrected chi connectivity index (χ2v) is 2.59. The molecule has 3 heteroatoms. The molecule has 0 aliphatic rings. The third-order valence-electron chi connectivity index (χ3n) is 1.58. The Kier molecular flexibility index (Phi) is 1.18. The number of fused-ring (bicyclic) bond motifs is 1. The van der Waals surface area contributed by atoms with Gasteiger partial charge in [-0.1, -0.05) is 0 Å². The van der Waals surface area contributed by atoms with Gasteiger partial charge in [-0.15, -0.1) is 0 Å². The molecular weight excluding hydrogens is 140 g/mol. The molecule has 2 heterocycles. The average Bonchev–Trinajstić information content (AvgIpc) is 2.27. The van der Waals surface area contributed by atoms with Crippen LogP contribution in [-0.4, -0.2) is 4.98 Å². The quantitative estimate of drug-likeness (QED) is 0.522. The predicted molar refractivity (Wildman–Crippen MR) is 39.9 cm³/mol. The maximum atomic E-state index is 5.32. The first-order chi connectivity index (χ1) is 5.25. The molecule has 0 amide bonds. The van der Waals surface area contributed by atoms with Crippen molar-refractivity contribution in [1.82, 2.24) is 4.98 Å². The summed E-state index contributed by atoms with van der Waals surface area (Å²) < 4.78 is 7.25. The Morgan fingerprint density at radius 1 is 1.55 bits per heavy atom. The Morgan fingerprint density at radius 2 is 2.36 bits per heavy atom. The number of hydrogen-bond donors (Lipinski definition) is 0. The van der Waals surface area contributed by atoms with E-state index in [-0.39, 0.29) is 0 Å². The molecule has 0 unspecified atom stereocenters. The molecule has 0 aliphatic heterocycles. The van der Waals surface area contributed by atoms with Crippen molar-refractivity contribution in [3.8, 4) is 0 Å². The van der Waals surface area contributed by atoms with Crippen LogP contribution in [0.15, 0.2) is 22.9 Å². The maximum absolute atomic E-state index is 5.32. The first-order valence-corrected chi connectivity index (χ1v) is 3.48. The molecule has 0 bridgehead atoms. The van der Waals surface area contributed by atoms with E-state index >= 15 is 0 Å². The number of aryl methyl sites for hydroxylation is 2. The van der Waals surface area contributed by atoms with Crippen molar-refractivity contribution in [3.63, 3.8) is 0 Å². The van der Waals surface area contributed by atoms with E-state index in [2.05, 4.69) is 4.98 Å². The Balaban J connectivity index is 2.82. The zero-order valence-corrected chi connectivity index (χ0v) is 6.53. The van der Waals surface area contributed by atoms with Crippen molar-refractivity contribution in [2.75, 3.05) is 0 Å². The highest BCUT2D eigenvalue weighted by Crippen LogP contribution is 2.10. The standard InChI is InChI=1S/C8H9N2O/c1-6-9-7-3-4-10(2)5-8(7)11-6/h3-5H,1-2H3/q+1. The molecule has 0 saturated heterocycles. The second kappa shape index (κ2) is 2.05. The molecule has 11 heavy (non-hydrogen) atoms. The van der Waals surface area contributed by atoms with Crippen LogP contribution in [0.2, 0.25) is 0 Å². The molecule has 2 aromatic heterocycles. The highest BCUT2D eigenvalue weighted by Gasteiger charge is 2.04. The van der Waals surface area contributed by atoms with E-state index in [1.54, 1.807) is 0 Å². The van der Waals surface area contributed by atoms with Crippen molar-refractivity contribution in [3.05, 3.63) is 24.4 Å². The largest absolute Gasteiger partial charge is 0.435 e. The number of pyridine rings is 1. The van der Waals surface area contributed by atoms with Crippen LogP contribution in [-0.2, 0) is 7.05 Å². The van der Waals surface area contributed by atoms with E-state index < -0.39 is 0 Å². The Bertz CT molecular complexity index is 392. The summed E-state index contributed by atoms with van der Waals surface area (Å²) in [5.74, 6) is 0.714. The van der Waals surface area contributed by atoms with Gasteiger partial charge in [-0.25, -0.2) is 9.55 Å². The molecule has 3 nitrogen and oxygen atoms in total. The summed E-state index contributed by atoms with van der Waals surface area (Å²) in [4.78, 5) is 4.17. The summed E-state index contributed by atoms with van der Waals surface area (Å²) in [6.45, 7) is 1.85. The minimum absolute atomic E-state index is 0.714. The van der Waals surface area contributed by atoms with E-state index in [1.165, 1.54) is 0 Å². The predicted octanol–water partition coefficient (Wildman–Crippen LogP) is 0.961. The summed E-state index contributed by atoms with van der Waals surface area (Å²) in [6.07, 6.45) is 3.86. The zero-order valence-electron chi connectivity index (χ0n) is 6.53. The zero-order chi connectivity index (χ0) is 7.84. The first-order valence-electron chi connectivity index (χ1n) is 3.48. The van der Waals surface area contributed by atoms with Crippen LogP contribution in [0.25, 0.3) is 11.1 Å². The van der Waals surface area contributed by atoms with Crippen LogP contribution in [0.3, 0.4) is 0 Å². The Labute approximate surface area is 64.3 Å². The fourth-order valence-electron chi connectivity index (χ4n) is 1.09. The van der Waals surface area contributed by atoms with E-state index in [1.807, 2.05) is 37.0 Å². The van der Waals surface area contributed by atoms with Crippen LogP contribution in [0.5, 0.6) is 0 Å². The van der Waals surface area contributed by atoms with Crippen molar-refractivity contribution < 1.29 is 8.98 Å². The third kappa shape index (κ3) is 0.981. The van der Waals surface area contributed by atoms with Crippen LogP contribution < -0.4 is 4.57 Å². The van der Waals surface area contributed by atoms with E-state index in [9.17, 15) is 0 Å². The van der Waals surface area contributed by atoms with E-state index in [0.717, 1.165) is 11.1 Å². The highest BCUT2D eigenvalue weighted by molar-refractivity contribution is 5.69. The van der Waals surface area contributed by atoms with Crippen molar-refractivity contribution in [2.45, 2.75) is 6.92 Å². The van der Waals surface area contributed by atoms with Crippen LogP contribution in [0, 0.1) is 6.92 Å². The van der Waals surface area contributed by atoms with Gasteiger partial charge in [0.25, 0.3) is 0 Å². The van der Waals surface area contributed by atoms with Gasteiger partial charge in [0.2, 0.25) is 11.8 Å². The molecule has 2 rings (SSSR count). The van der Waals surface area contributed by atoms with Crippen LogP contribution in [0.4, 0.5) is 0 Å². The number of oxazole rings is 1. The lowest BCUT2D eigenvalue weighted by atomic mass is 10.4. The fourth-order valence-corrected chi connectivity index (χ4v) is 1.09. The van der Waals surface area contributed by atoms with Gasteiger partial charge in [-0.2, -0.15) is 0 Å². The van der Waals surface area contributed by atoms with Crippen molar-refractivity contribution in [1.29, 1.82) is 0 Å². The van der Waals surface area contributed by atoms with E-state index in [0.29, 0.717) is 5.89 Å². The van der Waals surface area contributed by atoms with Crippen molar-refractivity contribution >= 4 is 11.1 Å². The fraction of sp³-hybridized carbons (Fsp3) is 0.250. The monoisotopic (exact) mass is 149 g/mol. The van der Waals surface area contributed by atoms with Crippen molar-refractivity contribution in [2.24, 2.45) is 7.05 Å². The third-order valence-corrected chi connectivity index (χ3v) is 1.58. The molecule has 0 aliphatic carbocycles. The van der Waals surface area contributed by atoms with Gasteiger partial charge in [0, 0.05) is 13.0 Å². The summed E-state index contributed by atoms with van der Waals surface area (Å²) in [5, 5.41) is 0. The van der Waals surface area contributed by atoms with Gasteiger partial charge in [0.05, 0.1) is 0 Å². The molecule has 0 aromatic carbocycles. The summed E-state index contributed by atoms with van der Waals surface area (Å²) in [7, 11) is 1.96. The lowest BCUT2D eigenvalue weighted by Crippen LogP contribution is -2.25. The van der Waals surface area contributed by atoms with Gasteiger partial charge in [0.15, 0.2) is 12.1 Å². The van der Waals surface area contributed by atoms with Gasteiger partial charge in [-0.3, -0.25) is 0 Å². The SMILES string of the molecule is Cc1nc2cc[n+](C)cc2o1. The topological polar surface area (TPSA) is 29.9 Å². The average molecular weight is 149 g/mol.